The second-order valence-corrected chi connectivity index (χ2v) is 6.45. The van der Waals surface area contributed by atoms with Gasteiger partial charge >= 0.3 is 0 Å². The van der Waals surface area contributed by atoms with E-state index in [1.807, 2.05) is 31.2 Å². The Kier molecular flexibility index (Phi) is 5.48. The normalized spacial score (nSPS) is 11.1. The molecule has 1 amide bonds. The number of fused-ring (bicyclic) bond motifs is 1. The molecule has 1 aromatic heterocycles. The lowest BCUT2D eigenvalue weighted by molar-refractivity contribution is 0.0956. The number of nitrogens with one attached hydrogen (secondary N) is 1. The molecule has 0 aliphatic heterocycles. The molecule has 2 aromatic carbocycles. The second kappa shape index (κ2) is 7.82. The molecule has 0 aliphatic carbocycles. The van der Waals surface area contributed by atoms with Gasteiger partial charge in [-0.3, -0.25) is 9.78 Å². The fourth-order valence-electron chi connectivity index (χ4n) is 2.60. The number of halogens is 2. The van der Waals surface area contributed by atoms with Crippen LogP contribution in [0.2, 0.25) is 10.0 Å². The van der Waals surface area contributed by atoms with Crippen LogP contribution >= 0.6 is 23.2 Å². The molecule has 27 heavy (non-hydrogen) atoms. The van der Waals surface area contributed by atoms with Crippen molar-refractivity contribution in [3.63, 3.8) is 0 Å². The largest absolute Gasteiger partial charge is 0.504 e. The topological polar surface area (TPSA) is 83.8 Å². The van der Waals surface area contributed by atoms with Gasteiger partial charge in [0.15, 0.2) is 11.5 Å². The molecule has 3 aromatic rings. The molecule has 0 saturated heterocycles. The first-order valence-electron chi connectivity index (χ1n) is 7.87. The number of aromatic nitrogens is 1. The van der Waals surface area contributed by atoms with Gasteiger partial charge in [-0.1, -0.05) is 41.4 Å². The first-order chi connectivity index (χ1) is 12.9. The minimum atomic E-state index is -0.419. The number of carbonyl (C=O) groups excluding carboxylic acids is 1. The fourth-order valence-corrected chi connectivity index (χ4v) is 2.99. The van der Waals surface area contributed by atoms with Gasteiger partial charge in [-0.05, 0) is 19.1 Å². The summed E-state index contributed by atoms with van der Waals surface area (Å²) in [7, 11) is 1.39. The third-order valence-corrected chi connectivity index (χ3v) is 4.66. The summed E-state index contributed by atoms with van der Waals surface area (Å²) in [6.45, 7) is 1.81. The highest BCUT2D eigenvalue weighted by Gasteiger charge is 2.15. The molecule has 0 bridgehead atoms. The smallest absolute Gasteiger partial charge is 0.272 e. The van der Waals surface area contributed by atoms with E-state index in [9.17, 15) is 9.90 Å². The van der Waals surface area contributed by atoms with E-state index in [1.165, 1.54) is 19.4 Å². The number of benzene rings is 2. The van der Waals surface area contributed by atoms with Crippen LogP contribution in [0.25, 0.3) is 10.9 Å². The van der Waals surface area contributed by atoms with E-state index in [1.54, 1.807) is 6.07 Å². The van der Waals surface area contributed by atoms with Crippen LogP contribution in [0.1, 0.15) is 21.6 Å². The molecule has 8 heteroatoms. The van der Waals surface area contributed by atoms with Gasteiger partial charge in [-0.2, -0.15) is 5.10 Å². The predicted molar refractivity (Wildman–Crippen MR) is 106 cm³/mol. The number of amides is 1. The van der Waals surface area contributed by atoms with Crippen LogP contribution in [-0.4, -0.2) is 29.3 Å². The second-order valence-electron chi connectivity index (χ2n) is 5.66. The lowest BCUT2D eigenvalue weighted by atomic mass is 10.1. The van der Waals surface area contributed by atoms with E-state index in [2.05, 4.69) is 15.5 Å². The van der Waals surface area contributed by atoms with Gasteiger partial charge in [0.05, 0.1) is 40.0 Å². The Morgan fingerprint density at radius 1 is 1.30 bits per heavy atom. The zero-order valence-electron chi connectivity index (χ0n) is 14.5. The summed E-state index contributed by atoms with van der Waals surface area (Å²) in [5, 5.41) is 15.1. The molecular formula is C19H15Cl2N3O3. The van der Waals surface area contributed by atoms with Gasteiger partial charge in [-0.25, -0.2) is 5.43 Å². The number of rotatable bonds is 4. The summed E-state index contributed by atoms with van der Waals surface area (Å²) in [6.07, 6.45) is 1.21. The molecule has 6 nitrogen and oxygen atoms in total. The van der Waals surface area contributed by atoms with Crippen LogP contribution < -0.4 is 10.2 Å². The Hall–Kier alpha value is -2.83. The van der Waals surface area contributed by atoms with Gasteiger partial charge in [-0.15, -0.1) is 0 Å². The molecule has 0 spiro atoms. The number of methoxy groups -OCH3 is 1. The van der Waals surface area contributed by atoms with Crippen molar-refractivity contribution >= 4 is 46.2 Å². The Bertz CT molecular complexity index is 1070. The molecule has 138 valence electrons. The van der Waals surface area contributed by atoms with Crippen molar-refractivity contribution in [3.05, 3.63) is 63.3 Å². The number of hydrazone groups is 1. The SMILES string of the molecule is COc1cc(Cl)c(Cl)c(/C=N\NC(=O)c2cc(C)nc3ccccc23)c1O. The van der Waals surface area contributed by atoms with Crippen molar-refractivity contribution < 1.29 is 14.6 Å². The van der Waals surface area contributed by atoms with E-state index >= 15 is 0 Å². The number of nitrogens with zero attached hydrogens (tertiary/aromatic N) is 2. The van der Waals surface area contributed by atoms with Crippen molar-refractivity contribution in [1.82, 2.24) is 10.4 Å². The fraction of sp³-hybridized carbons (Fsp3) is 0.105. The maximum atomic E-state index is 12.6. The van der Waals surface area contributed by atoms with Gasteiger partial charge in [0, 0.05) is 17.1 Å². The standard InChI is InChI=1S/C19H15Cl2N3O3/c1-10-7-12(11-5-3-4-6-15(11)23-10)19(26)24-22-9-13-17(21)14(20)8-16(27-2)18(13)25/h3-9,25H,1-2H3,(H,24,26)/b22-9-. The first-order valence-corrected chi connectivity index (χ1v) is 8.62. The van der Waals surface area contributed by atoms with Crippen molar-refractivity contribution in [1.29, 1.82) is 0 Å². The van der Waals surface area contributed by atoms with Crippen molar-refractivity contribution in [3.8, 4) is 11.5 Å². The minimum absolute atomic E-state index is 0.0955. The predicted octanol–water partition coefficient (Wildman–Crippen LogP) is 4.33. The molecule has 0 aliphatic rings. The van der Waals surface area contributed by atoms with E-state index in [0.29, 0.717) is 22.2 Å². The quantitative estimate of drug-likeness (QED) is 0.501. The molecular weight excluding hydrogens is 389 g/mol. The van der Waals surface area contributed by atoms with E-state index in [0.717, 1.165) is 0 Å². The molecule has 2 N–H and O–H groups in total. The zero-order valence-corrected chi connectivity index (χ0v) is 16.0. The highest BCUT2D eigenvalue weighted by molar-refractivity contribution is 6.43. The maximum Gasteiger partial charge on any atom is 0.272 e. The van der Waals surface area contributed by atoms with E-state index in [4.69, 9.17) is 27.9 Å². The lowest BCUT2D eigenvalue weighted by Gasteiger charge is -2.09. The summed E-state index contributed by atoms with van der Waals surface area (Å²) in [4.78, 5) is 17.0. The molecule has 1 heterocycles. The Morgan fingerprint density at radius 3 is 2.78 bits per heavy atom. The van der Waals surface area contributed by atoms with Gasteiger partial charge in [0.25, 0.3) is 5.91 Å². The Balaban J connectivity index is 1.90. The number of para-hydroxylation sites is 1. The minimum Gasteiger partial charge on any atom is -0.504 e. The van der Waals surface area contributed by atoms with Crippen molar-refractivity contribution in [2.24, 2.45) is 5.10 Å². The van der Waals surface area contributed by atoms with Gasteiger partial charge < -0.3 is 9.84 Å². The third-order valence-electron chi connectivity index (χ3n) is 3.86. The van der Waals surface area contributed by atoms with Crippen LogP contribution in [-0.2, 0) is 0 Å². The summed E-state index contributed by atoms with van der Waals surface area (Å²) in [5.41, 5.74) is 4.43. The maximum absolute atomic E-state index is 12.6. The van der Waals surface area contributed by atoms with E-state index in [-0.39, 0.29) is 27.1 Å². The number of pyridine rings is 1. The third kappa shape index (κ3) is 3.82. The molecule has 0 unspecified atom stereocenters. The van der Waals surface area contributed by atoms with Gasteiger partial charge in [0.1, 0.15) is 0 Å². The zero-order chi connectivity index (χ0) is 19.6. The Morgan fingerprint density at radius 2 is 2.04 bits per heavy atom. The van der Waals surface area contributed by atoms with Crippen LogP contribution in [0.4, 0.5) is 0 Å². The average molecular weight is 404 g/mol. The first kappa shape index (κ1) is 18.9. The summed E-state index contributed by atoms with van der Waals surface area (Å²) in [5.74, 6) is -0.499. The molecule has 0 radical (unpaired) electrons. The summed E-state index contributed by atoms with van der Waals surface area (Å²) in [6, 6.07) is 10.4. The van der Waals surface area contributed by atoms with Crippen LogP contribution in [0.15, 0.2) is 41.5 Å². The molecule has 0 saturated carbocycles. The number of hydrogen-bond acceptors (Lipinski definition) is 5. The monoisotopic (exact) mass is 403 g/mol. The highest BCUT2D eigenvalue weighted by atomic mass is 35.5. The van der Waals surface area contributed by atoms with Crippen molar-refractivity contribution in [2.45, 2.75) is 6.92 Å². The number of ether oxygens (including phenoxy) is 1. The Labute approximate surface area is 165 Å². The number of carbonyl (C=O) groups is 1. The number of aryl methyl sites for hydroxylation is 1. The summed E-state index contributed by atoms with van der Waals surface area (Å²) < 4.78 is 5.03. The van der Waals surface area contributed by atoms with Crippen LogP contribution in [0.3, 0.4) is 0 Å². The number of hydrogen-bond donors (Lipinski definition) is 2. The number of aromatic hydroxyl groups is 1. The number of phenolic OH excluding ortho intramolecular Hbond substituents is 1. The van der Waals surface area contributed by atoms with Crippen LogP contribution in [0.5, 0.6) is 11.5 Å². The molecule has 0 atom stereocenters. The number of phenols is 1. The molecule has 3 rings (SSSR count). The summed E-state index contributed by atoms with van der Waals surface area (Å²) >= 11 is 12.1. The molecule has 0 fully saturated rings. The average Bonchev–Trinajstić information content (AvgIpc) is 2.66. The highest BCUT2D eigenvalue weighted by Crippen LogP contribution is 2.39. The van der Waals surface area contributed by atoms with Gasteiger partial charge in [0.2, 0.25) is 0 Å². The lowest BCUT2D eigenvalue weighted by Crippen LogP contribution is -2.18. The van der Waals surface area contributed by atoms with Crippen molar-refractivity contribution in [2.75, 3.05) is 7.11 Å². The van der Waals surface area contributed by atoms with Crippen LogP contribution in [0, 0.1) is 6.92 Å². The van der Waals surface area contributed by atoms with E-state index < -0.39 is 5.91 Å².